The molecule has 5 nitrogen and oxygen atoms in total. The van der Waals surface area contributed by atoms with Crippen LogP contribution >= 0.6 is 23.2 Å². The topological polar surface area (TPSA) is 50.6 Å². The van der Waals surface area contributed by atoms with Crippen LogP contribution < -0.4 is 15.4 Å². The molecule has 0 amide bonds. The van der Waals surface area contributed by atoms with E-state index in [4.69, 9.17) is 27.9 Å². The molecule has 2 rings (SSSR count). The predicted octanol–water partition coefficient (Wildman–Crippen LogP) is 3.51. The molecule has 0 saturated carbocycles. The van der Waals surface area contributed by atoms with E-state index < -0.39 is 0 Å². The summed E-state index contributed by atoms with van der Waals surface area (Å²) in [6.07, 6.45) is 0. The molecule has 7 heteroatoms. The molecule has 1 heterocycles. The summed E-state index contributed by atoms with van der Waals surface area (Å²) in [5, 5.41) is 7.61. The van der Waals surface area contributed by atoms with E-state index in [0.717, 1.165) is 22.6 Å². The van der Waals surface area contributed by atoms with Crippen molar-refractivity contribution in [2.75, 3.05) is 14.2 Å². The van der Waals surface area contributed by atoms with E-state index in [0.29, 0.717) is 29.2 Å². The maximum Gasteiger partial charge on any atom is 0.191 e. The van der Waals surface area contributed by atoms with Crippen LogP contribution in [-0.2, 0) is 20.1 Å². The average Bonchev–Trinajstić information content (AvgIpc) is 2.81. The van der Waals surface area contributed by atoms with Crippen LogP contribution in [0.25, 0.3) is 0 Å². The smallest absolute Gasteiger partial charge is 0.191 e. The van der Waals surface area contributed by atoms with Crippen molar-refractivity contribution in [3.8, 4) is 5.75 Å². The van der Waals surface area contributed by atoms with E-state index in [1.54, 1.807) is 14.2 Å². The Labute approximate surface area is 152 Å². The Kier molecular flexibility index (Phi) is 6.40. The lowest BCUT2D eigenvalue weighted by Gasteiger charge is -2.13. The van der Waals surface area contributed by atoms with Gasteiger partial charge in [-0.1, -0.05) is 29.3 Å². The highest BCUT2D eigenvalue weighted by Crippen LogP contribution is 2.24. The van der Waals surface area contributed by atoms with E-state index in [9.17, 15) is 0 Å². The number of hydrogen-bond donors (Lipinski definition) is 2. The normalized spacial score (nSPS) is 11.5. The summed E-state index contributed by atoms with van der Waals surface area (Å²) in [5.41, 5.74) is 3.26. The fourth-order valence-electron chi connectivity index (χ4n) is 2.38. The minimum atomic E-state index is 0.531. The Morgan fingerprint density at radius 3 is 2.46 bits per heavy atom. The standard InChI is InChI=1S/C17H22Cl2N4O/c1-11-5-12(7-14(6-11)24-4)9-21-17(20-2)22-10-13-8-15(18)16(19)23(13)3/h5-8H,9-10H2,1-4H3,(H2,20,21,22). The second-order valence-electron chi connectivity index (χ2n) is 5.47. The molecule has 0 bridgehead atoms. The van der Waals surface area contributed by atoms with Crippen molar-refractivity contribution < 1.29 is 4.74 Å². The Hall–Kier alpha value is -1.85. The minimum absolute atomic E-state index is 0.531. The van der Waals surface area contributed by atoms with Crippen molar-refractivity contribution in [2.24, 2.45) is 12.0 Å². The van der Waals surface area contributed by atoms with E-state index in [1.165, 1.54) is 0 Å². The zero-order valence-electron chi connectivity index (χ0n) is 14.3. The van der Waals surface area contributed by atoms with Crippen LogP contribution in [0.3, 0.4) is 0 Å². The second kappa shape index (κ2) is 8.31. The molecule has 1 aromatic carbocycles. The summed E-state index contributed by atoms with van der Waals surface area (Å²) in [4.78, 5) is 4.23. The van der Waals surface area contributed by atoms with E-state index in [-0.39, 0.29) is 0 Å². The van der Waals surface area contributed by atoms with Gasteiger partial charge in [-0.25, -0.2) is 0 Å². The van der Waals surface area contributed by atoms with Crippen LogP contribution in [-0.4, -0.2) is 24.7 Å². The maximum atomic E-state index is 6.08. The van der Waals surface area contributed by atoms with Gasteiger partial charge < -0.3 is 19.9 Å². The van der Waals surface area contributed by atoms with Gasteiger partial charge in [-0.15, -0.1) is 0 Å². The van der Waals surface area contributed by atoms with E-state index >= 15 is 0 Å². The van der Waals surface area contributed by atoms with Gasteiger partial charge in [-0.2, -0.15) is 0 Å². The van der Waals surface area contributed by atoms with Crippen LogP contribution in [0, 0.1) is 6.92 Å². The summed E-state index contributed by atoms with van der Waals surface area (Å²) in [6.45, 7) is 3.26. The summed E-state index contributed by atoms with van der Waals surface area (Å²) < 4.78 is 7.14. The predicted molar refractivity (Wildman–Crippen MR) is 100 cm³/mol. The molecule has 0 atom stereocenters. The van der Waals surface area contributed by atoms with Gasteiger partial charge in [0.15, 0.2) is 5.96 Å². The van der Waals surface area contributed by atoms with Gasteiger partial charge in [-0.3, -0.25) is 4.99 Å². The van der Waals surface area contributed by atoms with Gasteiger partial charge in [0.05, 0.1) is 18.7 Å². The molecule has 1 aromatic heterocycles. The van der Waals surface area contributed by atoms with Crippen molar-refractivity contribution in [3.05, 3.63) is 51.3 Å². The van der Waals surface area contributed by atoms with Crippen LogP contribution in [0.5, 0.6) is 5.75 Å². The summed E-state index contributed by atoms with van der Waals surface area (Å²) in [5.74, 6) is 1.55. The Balaban J connectivity index is 1.95. The molecule has 24 heavy (non-hydrogen) atoms. The maximum absolute atomic E-state index is 6.08. The number of benzene rings is 1. The van der Waals surface area contributed by atoms with Crippen molar-refractivity contribution in [2.45, 2.75) is 20.0 Å². The lowest BCUT2D eigenvalue weighted by atomic mass is 10.1. The minimum Gasteiger partial charge on any atom is -0.497 e. The van der Waals surface area contributed by atoms with Gasteiger partial charge in [-0.05, 0) is 36.2 Å². The molecule has 0 aliphatic carbocycles. The van der Waals surface area contributed by atoms with E-state index in [1.807, 2.05) is 36.7 Å². The molecule has 0 spiro atoms. The average molecular weight is 369 g/mol. The molecule has 2 N–H and O–H groups in total. The van der Waals surface area contributed by atoms with Crippen molar-refractivity contribution in [1.82, 2.24) is 15.2 Å². The molecule has 130 valence electrons. The number of guanidine groups is 1. The molecule has 2 aromatic rings. The number of ether oxygens (including phenoxy) is 1. The molecule has 0 unspecified atom stereocenters. The number of halogens is 2. The zero-order chi connectivity index (χ0) is 17.7. The summed E-state index contributed by atoms with van der Waals surface area (Å²) in [7, 11) is 5.28. The zero-order valence-corrected chi connectivity index (χ0v) is 15.8. The van der Waals surface area contributed by atoms with Crippen molar-refractivity contribution in [1.29, 1.82) is 0 Å². The van der Waals surface area contributed by atoms with Gasteiger partial charge in [0.25, 0.3) is 0 Å². The first-order valence-electron chi connectivity index (χ1n) is 7.53. The highest BCUT2D eigenvalue weighted by Gasteiger charge is 2.09. The highest BCUT2D eigenvalue weighted by atomic mass is 35.5. The first-order valence-corrected chi connectivity index (χ1v) is 8.29. The number of aliphatic imine (C=N–C) groups is 1. The number of nitrogens with zero attached hydrogens (tertiary/aromatic N) is 2. The molecule has 0 aliphatic rings. The molecular formula is C17H22Cl2N4O. The third kappa shape index (κ3) is 4.58. The van der Waals surface area contributed by atoms with Crippen LogP contribution in [0.4, 0.5) is 0 Å². The third-order valence-corrected chi connectivity index (χ3v) is 4.52. The first kappa shape index (κ1) is 18.5. The number of aryl methyl sites for hydroxylation is 1. The van der Waals surface area contributed by atoms with Gasteiger partial charge in [0.1, 0.15) is 10.9 Å². The van der Waals surface area contributed by atoms with Crippen LogP contribution in [0.1, 0.15) is 16.8 Å². The number of aromatic nitrogens is 1. The van der Waals surface area contributed by atoms with Crippen molar-refractivity contribution in [3.63, 3.8) is 0 Å². The Morgan fingerprint density at radius 1 is 1.17 bits per heavy atom. The number of rotatable bonds is 5. The first-order chi connectivity index (χ1) is 11.4. The monoisotopic (exact) mass is 368 g/mol. The molecule has 0 radical (unpaired) electrons. The molecular weight excluding hydrogens is 347 g/mol. The quantitative estimate of drug-likeness (QED) is 0.626. The Bertz CT molecular complexity index is 740. The van der Waals surface area contributed by atoms with Crippen LogP contribution in [0.15, 0.2) is 29.3 Å². The number of methoxy groups -OCH3 is 1. The van der Waals surface area contributed by atoms with Crippen molar-refractivity contribution >= 4 is 29.2 Å². The second-order valence-corrected chi connectivity index (χ2v) is 6.24. The SMILES string of the molecule is CN=C(NCc1cc(C)cc(OC)c1)NCc1cc(Cl)c(Cl)n1C. The fourth-order valence-corrected chi connectivity index (χ4v) is 2.80. The molecule has 0 aliphatic heterocycles. The Morgan fingerprint density at radius 2 is 1.88 bits per heavy atom. The highest BCUT2D eigenvalue weighted by molar-refractivity contribution is 6.41. The number of nitrogens with one attached hydrogen (secondary N) is 2. The van der Waals surface area contributed by atoms with Crippen LogP contribution in [0.2, 0.25) is 10.2 Å². The molecule has 0 fully saturated rings. The lowest BCUT2D eigenvalue weighted by molar-refractivity contribution is 0.414. The van der Waals surface area contributed by atoms with Gasteiger partial charge >= 0.3 is 0 Å². The lowest BCUT2D eigenvalue weighted by Crippen LogP contribution is -2.36. The largest absolute Gasteiger partial charge is 0.497 e. The van der Waals surface area contributed by atoms with Gasteiger partial charge in [0.2, 0.25) is 0 Å². The van der Waals surface area contributed by atoms with Gasteiger partial charge in [0, 0.05) is 26.3 Å². The summed E-state index contributed by atoms with van der Waals surface area (Å²) in [6, 6.07) is 7.96. The fraction of sp³-hybridized carbons (Fsp3) is 0.353. The molecule has 0 saturated heterocycles. The third-order valence-electron chi connectivity index (χ3n) is 3.68. The number of hydrogen-bond acceptors (Lipinski definition) is 2. The van der Waals surface area contributed by atoms with E-state index in [2.05, 4.69) is 21.7 Å². The summed E-state index contributed by atoms with van der Waals surface area (Å²) >= 11 is 12.1.